The number of halogens is 1. The average molecular weight is 329 g/mol. The molecule has 0 spiro atoms. The smallest absolute Gasteiger partial charge is 0.241 e. The van der Waals surface area contributed by atoms with E-state index in [-0.39, 0.29) is 24.4 Å². The number of benzene rings is 1. The highest BCUT2D eigenvalue weighted by Gasteiger charge is 2.17. The van der Waals surface area contributed by atoms with Crippen LogP contribution in [0.1, 0.15) is 26.7 Å². The van der Waals surface area contributed by atoms with Gasteiger partial charge in [-0.15, -0.1) is 12.4 Å². The largest absolute Gasteiger partial charge is 0.488 e. The number of anilines is 1. The molecule has 0 aliphatic carbocycles. The maximum Gasteiger partial charge on any atom is 0.241 e. The number of nitrogens with one attached hydrogen (secondary N) is 1. The fourth-order valence-electron chi connectivity index (χ4n) is 2.26. The Balaban J connectivity index is 0.00000242. The molecule has 2 atom stereocenters. The van der Waals surface area contributed by atoms with Gasteiger partial charge < -0.3 is 20.5 Å². The lowest BCUT2D eigenvalue weighted by atomic mass is 10.0. The molecule has 1 aromatic carbocycles. The number of hydrogen-bond acceptors (Lipinski definition) is 4. The van der Waals surface area contributed by atoms with Crippen molar-refractivity contribution in [3.8, 4) is 5.75 Å². The summed E-state index contributed by atoms with van der Waals surface area (Å²) in [6, 6.07) is 6.87. The van der Waals surface area contributed by atoms with E-state index in [9.17, 15) is 4.79 Å². The van der Waals surface area contributed by atoms with E-state index in [0.717, 1.165) is 24.5 Å². The summed E-state index contributed by atoms with van der Waals surface area (Å²) >= 11 is 0. The average Bonchev–Trinajstić information content (AvgIpc) is 2.93. The Kier molecular flexibility index (Phi) is 7.65. The number of carbonyl (C=O) groups is 1. The minimum Gasteiger partial charge on any atom is -0.488 e. The molecule has 124 valence electrons. The van der Waals surface area contributed by atoms with E-state index in [1.54, 1.807) is 0 Å². The summed E-state index contributed by atoms with van der Waals surface area (Å²) in [5.74, 6) is 1.03. The number of carbonyl (C=O) groups excluding carboxylic acids is 1. The number of amides is 1. The van der Waals surface area contributed by atoms with Crippen LogP contribution in [0.5, 0.6) is 5.75 Å². The fourth-order valence-corrected chi connectivity index (χ4v) is 2.26. The first-order valence-corrected chi connectivity index (χ1v) is 7.45. The topological polar surface area (TPSA) is 73.6 Å². The van der Waals surface area contributed by atoms with Crippen molar-refractivity contribution in [2.75, 3.05) is 18.5 Å². The van der Waals surface area contributed by atoms with Crippen molar-refractivity contribution in [2.24, 2.45) is 11.7 Å². The molecule has 0 radical (unpaired) electrons. The zero-order valence-corrected chi connectivity index (χ0v) is 13.9. The molecule has 1 aliphatic heterocycles. The van der Waals surface area contributed by atoms with Crippen LogP contribution in [0.2, 0.25) is 0 Å². The zero-order valence-electron chi connectivity index (χ0n) is 13.1. The normalized spacial score (nSPS) is 18.6. The van der Waals surface area contributed by atoms with Gasteiger partial charge in [0.15, 0.2) is 0 Å². The van der Waals surface area contributed by atoms with Crippen LogP contribution in [0, 0.1) is 5.92 Å². The second kappa shape index (κ2) is 8.98. The van der Waals surface area contributed by atoms with E-state index in [1.165, 1.54) is 0 Å². The van der Waals surface area contributed by atoms with Gasteiger partial charge in [-0.1, -0.05) is 13.8 Å². The van der Waals surface area contributed by atoms with Crippen LogP contribution in [-0.4, -0.2) is 31.3 Å². The molecule has 6 heteroatoms. The van der Waals surface area contributed by atoms with Gasteiger partial charge in [0.05, 0.1) is 19.3 Å². The van der Waals surface area contributed by atoms with Gasteiger partial charge in [0.1, 0.15) is 11.9 Å². The van der Waals surface area contributed by atoms with E-state index in [2.05, 4.69) is 5.32 Å². The molecule has 1 aromatic rings. The molecule has 1 aliphatic rings. The molecule has 0 aromatic heterocycles. The summed E-state index contributed by atoms with van der Waals surface area (Å²) in [6.45, 7) is 5.49. The van der Waals surface area contributed by atoms with Crippen molar-refractivity contribution < 1.29 is 14.3 Å². The predicted molar refractivity (Wildman–Crippen MR) is 89.6 cm³/mol. The summed E-state index contributed by atoms with van der Waals surface area (Å²) in [6.07, 6.45) is 1.72. The third-order valence-electron chi connectivity index (χ3n) is 3.37. The lowest BCUT2D eigenvalue weighted by Gasteiger charge is -2.15. The Hall–Kier alpha value is -1.30. The lowest BCUT2D eigenvalue weighted by Crippen LogP contribution is -2.36. The molecule has 2 rings (SSSR count). The predicted octanol–water partition coefficient (Wildman–Crippen LogP) is 2.59. The lowest BCUT2D eigenvalue weighted by molar-refractivity contribution is -0.117. The van der Waals surface area contributed by atoms with Gasteiger partial charge in [0, 0.05) is 12.1 Å². The molecule has 22 heavy (non-hydrogen) atoms. The first-order valence-electron chi connectivity index (χ1n) is 7.45. The Morgan fingerprint density at radius 1 is 1.41 bits per heavy atom. The zero-order chi connectivity index (χ0) is 15.2. The molecule has 1 heterocycles. The number of nitrogens with two attached hydrogens (primary N) is 1. The van der Waals surface area contributed by atoms with Crippen molar-refractivity contribution in [3.05, 3.63) is 24.3 Å². The van der Waals surface area contributed by atoms with Gasteiger partial charge in [0.25, 0.3) is 0 Å². The molecule has 1 fully saturated rings. The first kappa shape index (κ1) is 18.7. The molecule has 1 amide bonds. The summed E-state index contributed by atoms with van der Waals surface area (Å²) in [5.41, 5.74) is 6.58. The number of ether oxygens (including phenoxy) is 2. The quantitative estimate of drug-likeness (QED) is 0.841. The Morgan fingerprint density at radius 3 is 2.64 bits per heavy atom. The molecule has 0 saturated carbocycles. The van der Waals surface area contributed by atoms with E-state index in [1.807, 2.05) is 38.1 Å². The molecule has 1 unspecified atom stereocenters. The molecule has 3 N–H and O–H groups in total. The highest BCUT2D eigenvalue weighted by atomic mass is 35.5. The monoisotopic (exact) mass is 328 g/mol. The SMILES string of the molecule is CC(C)C[C@H](N)C(=O)Nc1ccc(OC2CCOC2)cc1.Cl. The molecular weight excluding hydrogens is 304 g/mol. The van der Waals surface area contributed by atoms with Gasteiger partial charge >= 0.3 is 0 Å². The van der Waals surface area contributed by atoms with Gasteiger partial charge in [-0.2, -0.15) is 0 Å². The summed E-state index contributed by atoms with van der Waals surface area (Å²) in [7, 11) is 0. The van der Waals surface area contributed by atoms with E-state index < -0.39 is 6.04 Å². The van der Waals surface area contributed by atoms with Gasteiger partial charge in [-0.05, 0) is 36.6 Å². The van der Waals surface area contributed by atoms with Gasteiger partial charge in [-0.25, -0.2) is 0 Å². The molecule has 0 bridgehead atoms. The Labute approximate surface area is 138 Å². The highest BCUT2D eigenvalue weighted by Crippen LogP contribution is 2.20. The van der Waals surface area contributed by atoms with Crippen molar-refractivity contribution in [1.82, 2.24) is 0 Å². The standard InChI is InChI=1S/C16H24N2O3.ClH/c1-11(2)9-15(17)16(19)18-12-3-5-13(6-4-12)21-14-7-8-20-10-14;/h3-6,11,14-15H,7-10,17H2,1-2H3,(H,18,19);1H/t14?,15-;/m0./s1. The minimum atomic E-state index is -0.475. The first-order chi connectivity index (χ1) is 10.0. The van der Waals surface area contributed by atoms with Crippen LogP contribution >= 0.6 is 12.4 Å². The van der Waals surface area contributed by atoms with E-state index >= 15 is 0 Å². The third-order valence-corrected chi connectivity index (χ3v) is 3.37. The molecule has 1 saturated heterocycles. The van der Waals surface area contributed by atoms with Crippen molar-refractivity contribution in [1.29, 1.82) is 0 Å². The van der Waals surface area contributed by atoms with Crippen molar-refractivity contribution in [3.63, 3.8) is 0 Å². The van der Waals surface area contributed by atoms with Crippen LogP contribution in [0.3, 0.4) is 0 Å². The van der Waals surface area contributed by atoms with Crippen LogP contribution in [0.15, 0.2) is 24.3 Å². The van der Waals surface area contributed by atoms with Gasteiger partial charge in [-0.3, -0.25) is 4.79 Å². The minimum absolute atomic E-state index is 0. The fraction of sp³-hybridized carbons (Fsp3) is 0.562. The van der Waals surface area contributed by atoms with Crippen molar-refractivity contribution in [2.45, 2.75) is 38.8 Å². The van der Waals surface area contributed by atoms with Crippen LogP contribution < -0.4 is 15.8 Å². The summed E-state index contributed by atoms with van der Waals surface area (Å²) in [4.78, 5) is 11.9. The number of rotatable bonds is 6. The van der Waals surface area contributed by atoms with Crippen LogP contribution in [0.25, 0.3) is 0 Å². The Morgan fingerprint density at radius 2 is 2.09 bits per heavy atom. The summed E-state index contributed by atoms with van der Waals surface area (Å²) in [5, 5.41) is 2.82. The van der Waals surface area contributed by atoms with Crippen molar-refractivity contribution >= 4 is 24.0 Å². The second-order valence-corrected chi connectivity index (χ2v) is 5.85. The van der Waals surface area contributed by atoms with Crippen LogP contribution in [0.4, 0.5) is 5.69 Å². The maximum atomic E-state index is 11.9. The Bertz CT molecular complexity index is 459. The van der Waals surface area contributed by atoms with E-state index in [0.29, 0.717) is 18.9 Å². The van der Waals surface area contributed by atoms with E-state index in [4.69, 9.17) is 15.2 Å². The second-order valence-electron chi connectivity index (χ2n) is 5.85. The molecule has 5 nitrogen and oxygen atoms in total. The molecular formula is C16H25ClN2O3. The van der Waals surface area contributed by atoms with Crippen LogP contribution in [-0.2, 0) is 9.53 Å². The highest BCUT2D eigenvalue weighted by molar-refractivity contribution is 5.94. The third kappa shape index (κ3) is 5.83. The maximum absolute atomic E-state index is 11.9. The summed E-state index contributed by atoms with van der Waals surface area (Å²) < 4.78 is 11.0. The van der Waals surface area contributed by atoms with Gasteiger partial charge in [0.2, 0.25) is 5.91 Å². The number of hydrogen-bond donors (Lipinski definition) is 2.